The molecule has 2 rings (SSSR count). The molecule has 0 radical (unpaired) electrons. The molecule has 5 nitrogen and oxygen atoms in total. The molecule has 0 spiro atoms. The molecule has 0 aromatic carbocycles. The zero-order valence-electron chi connectivity index (χ0n) is 12.2. The summed E-state index contributed by atoms with van der Waals surface area (Å²) in [7, 11) is -3.34. The van der Waals surface area contributed by atoms with Crippen molar-refractivity contribution in [1.82, 2.24) is 8.61 Å². The van der Waals surface area contributed by atoms with Crippen LogP contribution in [0.2, 0.25) is 0 Å². The van der Waals surface area contributed by atoms with Crippen LogP contribution in [0.25, 0.3) is 0 Å². The van der Waals surface area contributed by atoms with Crippen LogP contribution in [0.1, 0.15) is 32.6 Å². The van der Waals surface area contributed by atoms with Crippen LogP contribution in [0.3, 0.4) is 0 Å². The first-order valence-electron chi connectivity index (χ1n) is 7.15. The van der Waals surface area contributed by atoms with E-state index in [0.29, 0.717) is 44.9 Å². The molecule has 20 heavy (non-hydrogen) atoms. The van der Waals surface area contributed by atoms with Crippen LogP contribution in [0.5, 0.6) is 0 Å². The van der Waals surface area contributed by atoms with Crippen molar-refractivity contribution in [2.45, 2.75) is 37.4 Å². The van der Waals surface area contributed by atoms with E-state index in [-0.39, 0.29) is 0 Å². The van der Waals surface area contributed by atoms with Crippen molar-refractivity contribution in [3.8, 4) is 6.07 Å². The van der Waals surface area contributed by atoms with Crippen molar-refractivity contribution < 1.29 is 8.42 Å². The summed E-state index contributed by atoms with van der Waals surface area (Å²) in [4.78, 5) is 0. The minimum Gasteiger partial charge on any atom is -0.197 e. The Balaban J connectivity index is 2.04. The smallest absolute Gasteiger partial charge is 0.197 e. The van der Waals surface area contributed by atoms with Gasteiger partial charge in [0.2, 0.25) is 0 Å². The van der Waals surface area contributed by atoms with Crippen LogP contribution in [-0.2, 0) is 10.2 Å². The fourth-order valence-corrected chi connectivity index (χ4v) is 5.41. The average Bonchev–Trinajstić information content (AvgIpc) is 2.47. The quantitative estimate of drug-likeness (QED) is 0.794. The second kappa shape index (κ2) is 6.22. The molecule has 2 fully saturated rings. The summed E-state index contributed by atoms with van der Waals surface area (Å²) in [6, 6.07) is 2.35. The average molecular weight is 317 g/mol. The third-order valence-electron chi connectivity index (χ3n) is 4.40. The van der Waals surface area contributed by atoms with E-state index in [0.717, 1.165) is 12.8 Å². The molecule has 0 saturated carbocycles. The zero-order chi connectivity index (χ0) is 14.8. The van der Waals surface area contributed by atoms with Gasteiger partial charge in [0, 0.05) is 26.2 Å². The fourth-order valence-electron chi connectivity index (χ4n) is 2.96. The Kier molecular flexibility index (Phi) is 5.00. The molecule has 0 aliphatic carbocycles. The number of nitriles is 1. The predicted molar refractivity (Wildman–Crippen MR) is 81.6 cm³/mol. The Morgan fingerprint density at radius 3 is 2.40 bits per heavy atom. The maximum atomic E-state index is 12.6. The number of hydrogen-bond donors (Lipinski definition) is 0. The molecular formula is C13H23N3O2S2. The summed E-state index contributed by atoms with van der Waals surface area (Å²) in [5.74, 6) is 0.438. The molecule has 2 heterocycles. The highest BCUT2D eigenvalue weighted by atomic mass is 32.2. The second-order valence-electron chi connectivity index (χ2n) is 5.82. The van der Waals surface area contributed by atoms with E-state index in [2.05, 4.69) is 13.0 Å². The lowest BCUT2D eigenvalue weighted by Crippen LogP contribution is -2.52. The highest BCUT2D eigenvalue weighted by Gasteiger charge is 2.40. The normalized spacial score (nSPS) is 28.9. The first kappa shape index (κ1) is 16.1. The lowest BCUT2D eigenvalue weighted by Gasteiger charge is -2.39. The minimum atomic E-state index is -3.34. The van der Waals surface area contributed by atoms with E-state index in [1.807, 2.05) is 6.26 Å². The highest BCUT2D eigenvalue weighted by molar-refractivity contribution is 8.00. The first-order valence-corrected chi connectivity index (χ1v) is 9.77. The summed E-state index contributed by atoms with van der Waals surface area (Å²) in [5, 5.41) is 9.26. The van der Waals surface area contributed by atoms with E-state index in [9.17, 15) is 13.7 Å². The maximum Gasteiger partial charge on any atom is 0.281 e. The van der Waals surface area contributed by atoms with Crippen molar-refractivity contribution in [1.29, 1.82) is 5.26 Å². The molecule has 2 aliphatic rings. The number of nitrogens with zero attached hydrogens (tertiary/aromatic N) is 3. The molecule has 0 N–H and O–H groups in total. The molecule has 2 aliphatic heterocycles. The van der Waals surface area contributed by atoms with Gasteiger partial charge in [-0.2, -0.15) is 22.3 Å². The lowest BCUT2D eigenvalue weighted by molar-refractivity contribution is 0.244. The summed E-state index contributed by atoms with van der Waals surface area (Å²) in [5.41, 5.74) is 0. The van der Waals surface area contributed by atoms with Gasteiger partial charge in [0.25, 0.3) is 10.2 Å². The van der Waals surface area contributed by atoms with Gasteiger partial charge in [-0.25, -0.2) is 0 Å². The molecule has 1 unspecified atom stereocenters. The van der Waals surface area contributed by atoms with Gasteiger partial charge < -0.3 is 0 Å². The number of rotatable bonds is 3. The predicted octanol–water partition coefficient (Wildman–Crippen LogP) is 1.68. The van der Waals surface area contributed by atoms with Crippen LogP contribution in [0.4, 0.5) is 0 Å². The summed E-state index contributed by atoms with van der Waals surface area (Å²) < 4.78 is 28.1. The van der Waals surface area contributed by atoms with Gasteiger partial charge >= 0.3 is 0 Å². The molecule has 0 bridgehead atoms. The Bertz CT molecular complexity index is 478. The van der Waals surface area contributed by atoms with E-state index in [4.69, 9.17) is 0 Å². The van der Waals surface area contributed by atoms with Crippen molar-refractivity contribution in [2.75, 3.05) is 32.4 Å². The van der Waals surface area contributed by atoms with E-state index < -0.39 is 15.0 Å². The maximum absolute atomic E-state index is 12.6. The van der Waals surface area contributed by atoms with Crippen LogP contribution in [0.15, 0.2) is 0 Å². The monoisotopic (exact) mass is 317 g/mol. The van der Waals surface area contributed by atoms with Crippen LogP contribution >= 0.6 is 11.8 Å². The number of thioether (sulfide) groups is 1. The molecule has 7 heteroatoms. The molecule has 0 amide bonds. The van der Waals surface area contributed by atoms with Crippen LogP contribution in [-0.4, -0.2) is 54.2 Å². The van der Waals surface area contributed by atoms with Gasteiger partial charge in [0.1, 0.15) is 4.75 Å². The third kappa shape index (κ3) is 3.14. The largest absolute Gasteiger partial charge is 0.281 e. The molecule has 2 saturated heterocycles. The van der Waals surface area contributed by atoms with Gasteiger partial charge in [-0.15, -0.1) is 11.8 Å². The van der Waals surface area contributed by atoms with Gasteiger partial charge in [0.15, 0.2) is 0 Å². The van der Waals surface area contributed by atoms with E-state index >= 15 is 0 Å². The molecule has 0 aromatic heterocycles. The van der Waals surface area contributed by atoms with Gasteiger partial charge in [-0.1, -0.05) is 6.92 Å². The zero-order valence-corrected chi connectivity index (χ0v) is 13.8. The van der Waals surface area contributed by atoms with E-state index in [1.165, 1.54) is 0 Å². The number of hydrogen-bond acceptors (Lipinski definition) is 4. The Hall–Kier alpha value is -0.290. The van der Waals surface area contributed by atoms with Crippen molar-refractivity contribution in [2.24, 2.45) is 5.92 Å². The van der Waals surface area contributed by atoms with Crippen molar-refractivity contribution >= 4 is 22.0 Å². The molecule has 114 valence electrons. The standard InChI is InChI=1S/C13H23N3O2S2/c1-12-4-3-7-16(10-12)20(17,18)15-8-5-13(11-14,19-2)6-9-15/h12H,3-10H2,1-2H3. The second-order valence-corrected chi connectivity index (χ2v) is 8.94. The fraction of sp³-hybridized carbons (Fsp3) is 0.923. The van der Waals surface area contributed by atoms with Gasteiger partial charge in [-0.3, -0.25) is 0 Å². The van der Waals surface area contributed by atoms with Crippen molar-refractivity contribution in [3.05, 3.63) is 0 Å². The van der Waals surface area contributed by atoms with Gasteiger partial charge in [0.05, 0.1) is 6.07 Å². The summed E-state index contributed by atoms with van der Waals surface area (Å²) in [6.45, 7) is 4.29. The Labute approximate surface area is 126 Å². The van der Waals surface area contributed by atoms with Crippen LogP contribution < -0.4 is 0 Å². The highest BCUT2D eigenvalue weighted by Crippen LogP contribution is 2.35. The van der Waals surface area contributed by atoms with Crippen molar-refractivity contribution in [3.63, 3.8) is 0 Å². The van der Waals surface area contributed by atoms with E-state index in [1.54, 1.807) is 20.4 Å². The summed E-state index contributed by atoms with van der Waals surface area (Å²) >= 11 is 1.55. The lowest BCUT2D eigenvalue weighted by atomic mass is 9.99. The Morgan fingerprint density at radius 2 is 1.90 bits per heavy atom. The third-order valence-corrected chi connectivity index (χ3v) is 7.68. The number of piperidine rings is 2. The van der Waals surface area contributed by atoms with Crippen LogP contribution in [0, 0.1) is 17.2 Å². The first-order chi connectivity index (χ1) is 9.43. The summed E-state index contributed by atoms with van der Waals surface area (Å²) in [6.07, 6.45) is 5.22. The topological polar surface area (TPSA) is 64.4 Å². The Morgan fingerprint density at radius 1 is 1.25 bits per heavy atom. The van der Waals surface area contributed by atoms with Gasteiger partial charge in [-0.05, 0) is 37.9 Å². The minimum absolute atomic E-state index is 0.402. The molecule has 1 atom stereocenters. The molecule has 0 aromatic rings. The SMILES string of the molecule is CSC1(C#N)CCN(S(=O)(=O)N2CCCC(C)C2)CC1. The molecular weight excluding hydrogens is 294 g/mol.